The molecule has 2 atom stereocenters. The number of nitrogens with zero attached hydrogens (tertiary/aromatic N) is 2. The molecule has 1 aromatic carbocycles. The average molecular weight is 381 g/mol. The van der Waals surface area contributed by atoms with Crippen LogP contribution >= 0.6 is 0 Å². The molecule has 3 rings (SSSR count). The summed E-state index contributed by atoms with van der Waals surface area (Å²) in [6, 6.07) is 6.98. The van der Waals surface area contributed by atoms with Crippen molar-refractivity contribution in [1.82, 2.24) is 9.21 Å². The third-order valence-electron chi connectivity index (χ3n) is 4.96. The molecule has 0 aliphatic carbocycles. The minimum Gasteiger partial charge on any atom is -0.369 e. The van der Waals surface area contributed by atoms with Crippen molar-refractivity contribution in [3.05, 3.63) is 29.8 Å². The predicted molar refractivity (Wildman–Crippen MR) is 99.3 cm³/mol. The molecule has 2 aliphatic rings. The molecule has 26 heavy (non-hydrogen) atoms. The maximum absolute atomic E-state index is 13.0. The zero-order valence-electron chi connectivity index (χ0n) is 15.7. The lowest BCUT2D eigenvalue weighted by molar-refractivity contribution is -0.154. The number of benzene rings is 1. The number of ether oxygens (including phenoxy) is 1. The van der Waals surface area contributed by atoms with Crippen molar-refractivity contribution in [2.24, 2.45) is 5.92 Å². The Morgan fingerprint density at radius 3 is 2.42 bits per heavy atom. The number of hydrogen-bond donors (Lipinski definition) is 0. The minimum atomic E-state index is -3.54. The summed E-state index contributed by atoms with van der Waals surface area (Å²) in [7, 11) is -3.54. The Kier molecular flexibility index (Phi) is 5.69. The molecule has 1 aromatic rings. The molecule has 0 saturated carbocycles. The van der Waals surface area contributed by atoms with Gasteiger partial charge in [-0.2, -0.15) is 4.31 Å². The molecule has 0 unspecified atom stereocenters. The van der Waals surface area contributed by atoms with Gasteiger partial charge in [-0.15, -0.1) is 0 Å². The van der Waals surface area contributed by atoms with Crippen LogP contribution in [-0.2, 0) is 19.6 Å². The number of carbonyl (C=O) groups is 1. The van der Waals surface area contributed by atoms with Crippen molar-refractivity contribution in [3.63, 3.8) is 0 Å². The fourth-order valence-corrected chi connectivity index (χ4v) is 5.16. The van der Waals surface area contributed by atoms with Crippen LogP contribution in [0, 0.1) is 12.8 Å². The summed E-state index contributed by atoms with van der Waals surface area (Å²) in [5.74, 6) is 0.640. The summed E-state index contributed by atoms with van der Waals surface area (Å²) in [5, 5.41) is 0. The third kappa shape index (κ3) is 4.27. The number of amides is 1. The first kappa shape index (κ1) is 19.3. The number of carbonyl (C=O) groups excluding carboxylic acids is 1. The van der Waals surface area contributed by atoms with Gasteiger partial charge in [0.05, 0.1) is 17.1 Å². The number of aryl methyl sites for hydroxylation is 1. The topological polar surface area (TPSA) is 66.9 Å². The van der Waals surface area contributed by atoms with E-state index in [2.05, 4.69) is 13.8 Å². The molecule has 2 heterocycles. The largest absolute Gasteiger partial charge is 0.369 e. The first-order chi connectivity index (χ1) is 12.3. The number of fused-ring (bicyclic) bond motifs is 2. The second-order valence-corrected chi connectivity index (χ2v) is 9.69. The monoisotopic (exact) mass is 380 g/mol. The molecule has 2 aliphatic heterocycles. The molecule has 0 aromatic heterocycles. The lowest BCUT2D eigenvalue weighted by atomic mass is 10.1. The van der Waals surface area contributed by atoms with E-state index >= 15 is 0 Å². The van der Waals surface area contributed by atoms with Crippen LogP contribution in [0.4, 0.5) is 0 Å². The van der Waals surface area contributed by atoms with Gasteiger partial charge in [0.25, 0.3) is 0 Å². The van der Waals surface area contributed by atoms with Crippen LogP contribution in [-0.4, -0.2) is 61.9 Å². The quantitative estimate of drug-likeness (QED) is 0.784. The Bertz CT molecular complexity index is 749. The van der Waals surface area contributed by atoms with Gasteiger partial charge in [-0.1, -0.05) is 26.0 Å². The fourth-order valence-electron chi connectivity index (χ4n) is 3.55. The number of sulfonamides is 1. The Balaban J connectivity index is 1.68. The summed E-state index contributed by atoms with van der Waals surface area (Å²) >= 11 is 0. The molecular formula is C19H28N2O4S. The number of rotatable bonds is 5. The SMILES string of the molecule is Cc1cccc(S(=O)(=O)N2C[C@H]3CN(C(=O)CCC(C)C)C[C@@H](C2)O3)c1. The van der Waals surface area contributed by atoms with Gasteiger partial charge in [0.1, 0.15) is 0 Å². The van der Waals surface area contributed by atoms with Crippen LogP contribution in [0.5, 0.6) is 0 Å². The van der Waals surface area contributed by atoms with Gasteiger partial charge < -0.3 is 9.64 Å². The summed E-state index contributed by atoms with van der Waals surface area (Å²) < 4.78 is 33.3. The van der Waals surface area contributed by atoms with E-state index < -0.39 is 10.0 Å². The average Bonchev–Trinajstić information content (AvgIpc) is 2.58. The van der Waals surface area contributed by atoms with E-state index in [0.717, 1.165) is 12.0 Å². The highest BCUT2D eigenvalue weighted by molar-refractivity contribution is 7.89. The van der Waals surface area contributed by atoms with E-state index in [1.54, 1.807) is 18.2 Å². The minimum absolute atomic E-state index is 0.145. The van der Waals surface area contributed by atoms with Crippen LogP contribution in [0.2, 0.25) is 0 Å². The Morgan fingerprint density at radius 2 is 1.85 bits per heavy atom. The number of morpholine rings is 2. The van der Waals surface area contributed by atoms with Gasteiger partial charge in [-0.05, 0) is 37.0 Å². The first-order valence-corrected chi connectivity index (χ1v) is 10.7. The molecule has 144 valence electrons. The normalized spacial score (nSPS) is 24.1. The lowest BCUT2D eigenvalue weighted by Gasteiger charge is -2.45. The van der Waals surface area contributed by atoms with Gasteiger partial charge in [0.2, 0.25) is 15.9 Å². The highest BCUT2D eigenvalue weighted by atomic mass is 32.2. The van der Waals surface area contributed by atoms with Crippen LogP contribution in [0.3, 0.4) is 0 Å². The van der Waals surface area contributed by atoms with E-state index in [1.807, 2.05) is 17.9 Å². The highest BCUT2D eigenvalue weighted by Gasteiger charge is 2.40. The fraction of sp³-hybridized carbons (Fsp3) is 0.632. The van der Waals surface area contributed by atoms with Gasteiger partial charge in [0, 0.05) is 32.6 Å². The Hall–Kier alpha value is -1.44. The smallest absolute Gasteiger partial charge is 0.243 e. The zero-order chi connectivity index (χ0) is 18.9. The van der Waals surface area contributed by atoms with Gasteiger partial charge in [-0.25, -0.2) is 8.42 Å². The summed E-state index contributed by atoms with van der Waals surface area (Å²) in [4.78, 5) is 14.6. The second kappa shape index (κ2) is 7.66. The van der Waals surface area contributed by atoms with Crippen molar-refractivity contribution in [2.75, 3.05) is 26.2 Å². The highest BCUT2D eigenvalue weighted by Crippen LogP contribution is 2.26. The van der Waals surface area contributed by atoms with Crippen molar-refractivity contribution in [1.29, 1.82) is 0 Å². The van der Waals surface area contributed by atoms with Crippen LogP contribution < -0.4 is 0 Å². The summed E-state index contributed by atoms with van der Waals surface area (Å²) in [5.41, 5.74) is 0.918. The van der Waals surface area contributed by atoms with Crippen LogP contribution in [0.15, 0.2) is 29.2 Å². The van der Waals surface area contributed by atoms with Crippen molar-refractivity contribution in [2.45, 2.75) is 50.7 Å². The Labute approximate surface area is 156 Å². The van der Waals surface area contributed by atoms with Gasteiger partial charge in [-0.3, -0.25) is 4.79 Å². The molecule has 0 N–H and O–H groups in total. The lowest BCUT2D eigenvalue weighted by Crippen LogP contribution is -2.61. The van der Waals surface area contributed by atoms with Crippen molar-refractivity contribution >= 4 is 15.9 Å². The third-order valence-corrected chi connectivity index (χ3v) is 6.79. The standard InChI is InChI=1S/C19H28N2O4S/c1-14(2)7-8-19(22)20-10-16-12-21(13-17(11-20)25-16)26(23,24)18-6-4-5-15(3)9-18/h4-6,9,14,16-17H,7-8,10-13H2,1-3H3/t16-,17+. The molecule has 0 radical (unpaired) electrons. The zero-order valence-corrected chi connectivity index (χ0v) is 16.5. The molecule has 2 saturated heterocycles. The van der Waals surface area contributed by atoms with E-state index in [4.69, 9.17) is 4.74 Å². The summed E-state index contributed by atoms with van der Waals surface area (Å²) in [6.07, 6.45) is 0.900. The van der Waals surface area contributed by atoms with E-state index in [-0.39, 0.29) is 18.1 Å². The van der Waals surface area contributed by atoms with Crippen LogP contribution in [0.1, 0.15) is 32.3 Å². The van der Waals surface area contributed by atoms with Gasteiger partial charge >= 0.3 is 0 Å². The van der Waals surface area contributed by atoms with Crippen molar-refractivity contribution in [3.8, 4) is 0 Å². The molecule has 0 spiro atoms. The Morgan fingerprint density at radius 1 is 1.19 bits per heavy atom. The van der Waals surface area contributed by atoms with E-state index in [0.29, 0.717) is 43.4 Å². The van der Waals surface area contributed by atoms with Crippen LogP contribution in [0.25, 0.3) is 0 Å². The number of hydrogen-bond acceptors (Lipinski definition) is 4. The molecule has 1 amide bonds. The second-order valence-electron chi connectivity index (χ2n) is 7.75. The maximum atomic E-state index is 13.0. The summed E-state index contributed by atoms with van der Waals surface area (Å²) in [6.45, 7) is 7.61. The molecular weight excluding hydrogens is 352 g/mol. The first-order valence-electron chi connectivity index (χ1n) is 9.25. The van der Waals surface area contributed by atoms with E-state index in [9.17, 15) is 13.2 Å². The van der Waals surface area contributed by atoms with Crippen molar-refractivity contribution < 1.29 is 17.9 Å². The predicted octanol–water partition coefficient (Wildman–Crippen LogP) is 2.03. The maximum Gasteiger partial charge on any atom is 0.243 e. The van der Waals surface area contributed by atoms with E-state index in [1.165, 1.54) is 4.31 Å². The molecule has 2 fully saturated rings. The molecule has 7 heteroatoms. The molecule has 2 bridgehead atoms. The van der Waals surface area contributed by atoms with Gasteiger partial charge in [0.15, 0.2) is 0 Å². The molecule has 6 nitrogen and oxygen atoms in total.